The van der Waals surface area contributed by atoms with Crippen molar-refractivity contribution in [2.24, 2.45) is 11.7 Å². The fourth-order valence-corrected chi connectivity index (χ4v) is 2.42. The van der Waals surface area contributed by atoms with Gasteiger partial charge in [-0.2, -0.15) is 5.48 Å². The van der Waals surface area contributed by atoms with Crippen LogP contribution in [0.5, 0.6) is 0 Å². The SMILES string of the molecule is CC1C=CC(C(=O)ONC(=O)[C@H](Cc2ccccc2)NC(=O)CN)=CC1. The van der Waals surface area contributed by atoms with E-state index in [1.807, 2.05) is 43.3 Å². The van der Waals surface area contributed by atoms with Gasteiger partial charge >= 0.3 is 5.97 Å². The molecule has 0 heterocycles. The number of nitrogens with one attached hydrogen (secondary N) is 2. The number of allylic oxidation sites excluding steroid dienone is 2. The second-order valence-corrected chi connectivity index (χ2v) is 6.10. The van der Waals surface area contributed by atoms with Gasteiger partial charge in [-0.05, 0) is 17.9 Å². The monoisotopic (exact) mass is 357 g/mol. The van der Waals surface area contributed by atoms with Crippen molar-refractivity contribution in [3.8, 4) is 0 Å². The second-order valence-electron chi connectivity index (χ2n) is 6.10. The standard InChI is InChI=1S/C19H23N3O4/c1-13-7-9-15(10-8-13)19(25)26-22-18(24)16(21-17(23)12-20)11-14-5-3-2-4-6-14/h2-7,9-10,13,16H,8,11-12,20H2,1H3,(H,21,23)(H,22,24)/t13?,16-/m0/s1. The molecular formula is C19H23N3O4. The molecular weight excluding hydrogens is 334 g/mol. The van der Waals surface area contributed by atoms with Gasteiger partial charge in [-0.3, -0.25) is 9.59 Å². The minimum atomic E-state index is -0.905. The molecule has 0 spiro atoms. The summed E-state index contributed by atoms with van der Waals surface area (Å²) in [5.74, 6) is -1.38. The zero-order valence-corrected chi connectivity index (χ0v) is 14.6. The van der Waals surface area contributed by atoms with Gasteiger partial charge in [0.1, 0.15) is 6.04 Å². The fourth-order valence-electron chi connectivity index (χ4n) is 2.42. The summed E-state index contributed by atoms with van der Waals surface area (Å²) < 4.78 is 0. The van der Waals surface area contributed by atoms with Crippen molar-refractivity contribution in [3.05, 3.63) is 59.7 Å². The van der Waals surface area contributed by atoms with E-state index in [-0.39, 0.29) is 13.0 Å². The van der Waals surface area contributed by atoms with E-state index < -0.39 is 23.8 Å². The molecule has 0 saturated carbocycles. The van der Waals surface area contributed by atoms with Gasteiger partial charge in [0.25, 0.3) is 5.91 Å². The Hall–Kier alpha value is -2.93. The predicted octanol–water partition coefficient (Wildman–Crippen LogP) is 0.769. The van der Waals surface area contributed by atoms with Crippen LogP contribution >= 0.6 is 0 Å². The maximum Gasteiger partial charge on any atom is 0.362 e. The Morgan fingerprint density at radius 1 is 1.27 bits per heavy atom. The first-order chi connectivity index (χ1) is 12.5. The third kappa shape index (κ3) is 5.86. The summed E-state index contributed by atoms with van der Waals surface area (Å²) in [6, 6.07) is 8.28. The van der Waals surface area contributed by atoms with Crippen LogP contribution in [0.25, 0.3) is 0 Å². The minimum absolute atomic E-state index is 0.242. The van der Waals surface area contributed by atoms with Crippen LogP contribution in [0.4, 0.5) is 0 Å². The van der Waals surface area contributed by atoms with Gasteiger partial charge in [-0.15, -0.1) is 0 Å². The third-order valence-electron chi connectivity index (χ3n) is 3.91. The van der Waals surface area contributed by atoms with Gasteiger partial charge in [0.05, 0.1) is 12.1 Å². The Morgan fingerprint density at radius 3 is 2.62 bits per heavy atom. The Balaban J connectivity index is 1.96. The number of hydrogen-bond acceptors (Lipinski definition) is 5. The van der Waals surface area contributed by atoms with E-state index in [1.165, 1.54) is 0 Å². The number of hydrogen-bond donors (Lipinski definition) is 3. The van der Waals surface area contributed by atoms with Crippen LogP contribution in [0.2, 0.25) is 0 Å². The van der Waals surface area contributed by atoms with Crippen LogP contribution in [-0.2, 0) is 25.6 Å². The molecule has 1 aromatic rings. The van der Waals surface area contributed by atoms with Crippen molar-refractivity contribution < 1.29 is 19.2 Å². The van der Waals surface area contributed by atoms with Gasteiger partial charge in [0, 0.05) is 6.42 Å². The van der Waals surface area contributed by atoms with E-state index >= 15 is 0 Å². The van der Waals surface area contributed by atoms with E-state index in [9.17, 15) is 14.4 Å². The molecule has 2 atom stereocenters. The van der Waals surface area contributed by atoms with Gasteiger partial charge in [-0.25, -0.2) is 4.79 Å². The molecule has 1 aliphatic carbocycles. The molecule has 0 aromatic heterocycles. The molecule has 0 fully saturated rings. The summed E-state index contributed by atoms with van der Waals surface area (Å²) in [5, 5.41) is 2.53. The molecule has 0 aliphatic heterocycles. The highest BCUT2D eigenvalue weighted by Crippen LogP contribution is 2.16. The molecule has 4 N–H and O–H groups in total. The van der Waals surface area contributed by atoms with E-state index in [2.05, 4.69) is 10.8 Å². The first kappa shape index (κ1) is 19.4. The average molecular weight is 357 g/mol. The number of carbonyl (C=O) groups is 3. The van der Waals surface area contributed by atoms with Crippen molar-refractivity contribution in [1.82, 2.24) is 10.8 Å². The van der Waals surface area contributed by atoms with Gasteiger partial charge in [0.2, 0.25) is 5.91 Å². The predicted molar refractivity (Wildman–Crippen MR) is 96.4 cm³/mol. The molecule has 0 saturated heterocycles. The number of amides is 2. The largest absolute Gasteiger partial charge is 0.362 e. The lowest BCUT2D eigenvalue weighted by Crippen LogP contribution is -2.50. The van der Waals surface area contributed by atoms with Gasteiger partial charge in [-0.1, -0.05) is 55.5 Å². The Morgan fingerprint density at radius 2 is 2.00 bits per heavy atom. The lowest BCUT2D eigenvalue weighted by molar-refractivity contribution is -0.155. The molecule has 7 nitrogen and oxygen atoms in total. The first-order valence-corrected chi connectivity index (χ1v) is 8.42. The Labute approximate surface area is 152 Å². The zero-order valence-electron chi connectivity index (χ0n) is 14.6. The zero-order chi connectivity index (χ0) is 18.9. The summed E-state index contributed by atoms with van der Waals surface area (Å²) >= 11 is 0. The number of benzene rings is 1. The Kier molecular flexibility index (Phi) is 7.11. The lowest BCUT2D eigenvalue weighted by Gasteiger charge is -2.18. The molecule has 7 heteroatoms. The van der Waals surface area contributed by atoms with Crippen LogP contribution in [0.15, 0.2) is 54.1 Å². The fraction of sp³-hybridized carbons (Fsp3) is 0.316. The minimum Gasteiger partial charge on any atom is -0.343 e. The second kappa shape index (κ2) is 9.53. The van der Waals surface area contributed by atoms with E-state index in [0.29, 0.717) is 11.5 Å². The van der Waals surface area contributed by atoms with Crippen LogP contribution in [0.3, 0.4) is 0 Å². The van der Waals surface area contributed by atoms with E-state index in [0.717, 1.165) is 12.0 Å². The smallest absolute Gasteiger partial charge is 0.343 e. The summed E-state index contributed by atoms with van der Waals surface area (Å²) in [6.45, 7) is 1.79. The molecule has 0 radical (unpaired) electrons. The van der Waals surface area contributed by atoms with Crippen LogP contribution in [0.1, 0.15) is 18.9 Å². The molecule has 0 bridgehead atoms. The highest BCUT2D eigenvalue weighted by atomic mass is 16.7. The topological polar surface area (TPSA) is 111 Å². The highest BCUT2D eigenvalue weighted by molar-refractivity contribution is 5.93. The van der Waals surface area contributed by atoms with Gasteiger partial charge < -0.3 is 15.9 Å². The van der Waals surface area contributed by atoms with Crippen LogP contribution in [-0.4, -0.2) is 30.4 Å². The molecule has 1 unspecified atom stereocenters. The normalized spacial score (nSPS) is 17.0. The highest BCUT2D eigenvalue weighted by Gasteiger charge is 2.23. The molecule has 2 rings (SSSR count). The quantitative estimate of drug-likeness (QED) is 0.651. The van der Waals surface area contributed by atoms with Crippen molar-refractivity contribution in [3.63, 3.8) is 0 Å². The summed E-state index contributed by atoms with van der Waals surface area (Å²) in [4.78, 5) is 40.8. The number of rotatable bonds is 6. The van der Waals surface area contributed by atoms with Crippen LogP contribution in [0, 0.1) is 5.92 Å². The van der Waals surface area contributed by atoms with Gasteiger partial charge in [0.15, 0.2) is 0 Å². The average Bonchev–Trinajstić information content (AvgIpc) is 2.66. The molecule has 1 aliphatic rings. The van der Waals surface area contributed by atoms with E-state index in [1.54, 1.807) is 12.2 Å². The molecule has 26 heavy (non-hydrogen) atoms. The van der Waals surface area contributed by atoms with Crippen molar-refractivity contribution in [1.29, 1.82) is 0 Å². The van der Waals surface area contributed by atoms with Crippen molar-refractivity contribution >= 4 is 17.8 Å². The van der Waals surface area contributed by atoms with Crippen LogP contribution < -0.4 is 16.5 Å². The summed E-state index contributed by atoms with van der Waals surface area (Å²) in [7, 11) is 0. The molecule has 2 amide bonds. The molecule has 138 valence electrons. The van der Waals surface area contributed by atoms with Crippen molar-refractivity contribution in [2.75, 3.05) is 6.54 Å². The third-order valence-corrected chi connectivity index (χ3v) is 3.91. The number of nitrogens with two attached hydrogens (primary N) is 1. The summed E-state index contributed by atoms with van der Waals surface area (Å²) in [5.41, 5.74) is 8.66. The van der Waals surface area contributed by atoms with Crippen molar-refractivity contribution in [2.45, 2.75) is 25.8 Å². The first-order valence-electron chi connectivity index (χ1n) is 8.42. The lowest BCUT2D eigenvalue weighted by atomic mass is 9.99. The number of carbonyl (C=O) groups excluding carboxylic acids is 3. The summed E-state index contributed by atoms with van der Waals surface area (Å²) in [6.07, 6.45) is 6.31. The molecule has 1 aromatic carbocycles. The number of hydroxylamine groups is 1. The van der Waals surface area contributed by atoms with E-state index in [4.69, 9.17) is 10.6 Å². The maximum absolute atomic E-state index is 12.4. The Bertz CT molecular complexity index is 713. The maximum atomic E-state index is 12.4.